The molecule has 0 amide bonds. The summed E-state index contributed by atoms with van der Waals surface area (Å²) < 4.78 is 33.5. The van der Waals surface area contributed by atoms with Crippen molar-refractivity contribution in [2.45, 2.75) is 13.5 Å². The molecule has 0 spiro atoms. The molecule has 0 aliphatic heterocycles. The van der Waals surface area contributed by atoms with Gasteiger partial charge in [-0.15, -0.1) is 0 Å². The Labute approximate surface area is 117 Å². The first-order valence-electron chi connectivity index (χ1n) is 6.03. The van der Waals surface area contributed by atoms with Crippen molar-refractivity contribution in [2.75, 3.05) is 0 Å². The normalized spacial score (nSPS) is 11.0. The predicted octanol–water partition coefficient (Wildman–Crippen LogP) is 3.04. The van der Waals surface area contributed by atoms with Crippen LogP contribution in [-0.4, -0.2) is 26.9 Å². The fourth-order valence-corrected chi connectivity index (χ4v) is 1.76. The zero-order valence-electron chi connectivity index (χ0n) is 10.9. The lowest BCUT2D eigenvalue weighted by Crippen LogP contribution is -2.01. The van der Waals surface area contributed by atoms with E-state index in [1.54, 1.807) is 18.2 Å². The van der Waals surface area contributed by atoms with E-state index in [9.17, 15) is 8.78 Å². The number of hydrogen-bond donors (Lipinski definition) is 1. The van der Waals surface area contributed by atoms with Crippen LogP contribution in [0.4, 0.5) is 8.78 Å². The quantitative estimate of drug-likeness (QED) is 0.799. The first kappa shape index (κ1) is 13.2. The van der Waals surface area contributed by atoms with Gasteiger partial charge in [-0.1, -0.05) is 5.16 Å². The molecule has 1 N–H and O–H groups in total. The second-order valence-electron chi connectivity index (χ2n) is 4.26. The van der Waals surface area contributed by atoms with Crippen molar-refractivity contribution in [3.63, 3.8) is 0 Å². The molecule has 0 fully saturated rings. The number of aryl methyl sites for hydroxylation is 1. The number of nitrogens with one attached hydrogen (secondary N) is 1. The topological polar surface area (TPSA) is 76.8 Å². The van der Waals surface area contributed by atoms with E-state index >= 15 is 0 Å². The second-order valence-corrected chi connectivity index (χ2v) is 4.26. The minimum Gasteiger partial charge on any atom is -0.435 e. The van der Waals surface area contributed by atoms with Gasteiger partial charge in [0, 0.05) is 11.3 Å². The van der Waals surface area contributed by atoms with E-state index in [1.807, 2.05) is 6.92 Å². The molecule has 0 bridgehead atoms. The number of benzene rings is 1. The van der Waals surface area contributed by atoms with Crippen LogP contribution in [0.1, 0.15) is 5.69 Å². The highest BCUT2D eigenvalue weighted by Gasteiger charge is 2.13. The van der Waals surface area contributed by atoms with Gasteiger partial charge in [-0.3, -0.25) is 5.10 Å². The minimum atomic E-state index is -2.85. The fraction of sp³-hybridized carbons (Fsp3) is 0.154. The smallest absolute Gasteiger partial charge is 0.387 e. The zero-order chi connectivity index (χ0) is 14.8. The van der Waals surface area contributed by atoms with E-state index in [4.69, 9.17) is 4.52 Å². The van der Waals surface area contributed by atoms with Gasteiger partial charge >= 0.3 is 6.61 Å². The van der Waals surface area contributed by atoms with Crippen LogP contribution in [0.2, 0.25) is 0 Å². The molecule has 0 aliphatic rings. The summed E-state index contributed by atoms with van der Waals surface area (Å²) in [6.45, 7) is -0.995. The molecular weight excluding hydrogens is 282 g/mol. The lowest BCUT2D eigenvalue weighted by atomic mass is 10.2. The summed E-state index contributed by atoms with van der Waals surface area (Å²) in [4.78, 5) is 4.21. The second kappa shape index (κ2) is 5.31. The number of alkyl halides is 2. The molecule has 0 saturated carbocycles. The number of halogens is 2. The molecule has 0 saturated heterocycles. The van der Waals surface area contributed by atoms with Crippen LogP contribution < -0.4 is 4.74 Å². The van der Waals surface area contributed by atoms with Crippen molar-refractivity contribution in [1.29, 1.82) is 0 Å². The Balaban J connectivity index is 1.83. The molecular formula is C13H10F2N4O2. The monoisotopic (exact) mass is 292 g/mol. The average Bonchev–Trinajstić information content (AvgIpc) is 3.07. The van der Waals surface area contributed by atoms with Gasteiger partial charge in [0.2, 0.25) is 5.82 Å². The van der Waals surface area contributed by atoms with Crippen molar-refractivity contribution < 1.29 is 18.0 Å². The number of aromatic amines is 1. The Hall–Kier alpha value is -2.77. The minimum absolute atomic E-state index is 0.0698. The van der Waals surface area contributed by atoms with Crippen LogP contribution in [0.15, 0.2) is 34.9 Å². The predicted molar refractivity (Wildman–Crippen MR) is 68.7 cm³/mol. The van der Waals surface area contributed by atoms with E-state index in [0.29, 0.717) is 17.1 Å². The van der Waals surface area contributed by atoms with Crippen molar-refractivity contribution in [2.24, 2.45) is 0 Å². The molecule has 1 aromatic carbocycles. The van der Waals surface area contributed by atoms with Crippen LogP contribution >= 0.6 is 0 Å². The van der Waals surface area contributed by atoms with Crippen molar-refractivity contribution in [1.82, 2.24) is 20.3 Å². The largest absolute Gasteiger partial charge is 0.435 e. The summed E-state index contributed by atoms with van der Waals surface area (Å²) in [5.41, 5.74) is 2.04. The molecule has 3 aromatic rings. The molecule has 2 aromatic heterocycles. The average molecular weight is 292 g/mol. The fourth-order valence-electron chi connectivity index (χ4n) is 1.76. The van der Waals surface area contributed by atoms with Crippen LogP contribution in [0, 0.1) is 6.92 Å². The summed E-state index contributed by atoms with van der Waals surface area (Å²) in [6.07, 6.45) is 0. The van der Waals surface area contributed by atoms with Crippen molar-refractivity contribution in [3.8, 4) is 28.7 Å². The third kappa shape index (κ3) is 2.88. The summed E-state index contributed by atoms with van der Waals surface area (Å²) in [5.74, 6) is 0.692. The first-order valence-corrected chi connectivity index (χ1v) is 6.03. The maximum Gasteiger partial charge on any atom is 0.387 e. The summed E-state index contributed by atoms with van der Waals surface area (Å²) in [6, 6.07) is 7.74. The summed E-state index contributed by atoms with van der Waals surface area (Å²) >= 11 is 0. The molecule has 0 aliphatic carbocycles. The highest BCUT2D eigenvalue weighted by atomic mass is 19.3. The maximum absolute atomic E-state index is 12.1. The summed E-state index contributed by atoms with van der Waals surface area (Å²) in [7, 11) is 0. The third-order valence-electron chi connectivity index (χ3n) is 2.69. The van der Waals surface area contributed by atoms with E-state index in [0.717, 1.165) is 5.69 Å². The SMILES string of the molecule is Cc1cc(-c2nc(-c3ccc(OC(F)F)cc3)no2)n[nH]1. The number of H-pyrrole nitrogens is 1. The number of ether oxygens (including phenoxy) is 1. The van der Waals surface area contributed by atoms with Gasteiger partial charge in [0.05, 0.1) is 0 Å². The Kier molecular flexibility index (Phi) is 3.35. The zero-order valence-corrected chi connectivity index (χ0v) is 10.9. The van der Waals surface area contributed by atoms with Gasteiger partial charge in [0.15, 0.2) is 5.69 Å². The number of aromatic nitrogens is 4. The molecule has 0 radical (unpaired) electrons. The Bertz CT molecular complexity index is 737. The standard InChI is InChI=1S/C13H10F2N4O2/c1-7-6-10(18-17-7)12-16-11(19-21-12)8-2-4-9(5-3-8)20-13(14)15/h2-6,13H,1H3,(H,17,18). The van der Waals surface area contributed by atoms with E-state index in [1.165, 1.54) is 12.1 Å². The van der Waals surface area contributed by atoms with Crippen LogP contribution in [0.25, 0.3) is 23.0 Å². The van der Waals surface area contributed by atoms with Gasteiger partial charge in [-0.25, -0.2) is 0 Å². The van der Waals surface area contributed by atoms with Crippen LogP contribution in [0.5, 0.6) is 5.75 Å². The molecule has 21 heavy (non-hydrogen) atoms. The van der Waals surface area contributed by atoms with Crippen LogP contribution in [0.3, 0.4) is 0 Å². The molecule has 2 heterocycles. The highest BCUT2D eigenvalue weighted by molar-refractivity contribution is 5.58. The molecule has 6 nitrogen and oxygen atoms in total. The van der Waals surface area contributed by atoms with E-state index in [-0.39, 0.29) is 11.6 Å². The number of rotatable bonds is 4. The summed E-state index contributed by atoms with van der Waals surface area (Å²) in [5, 5.41) is 10.6. The Morgan fingerprint density at radius 3 is 2.62 bits per heavy atom. The molecule has 8 heteroatoms. The van der Waals surface area contributed by atoms with Gasteiger partial charge < -0.3 is 9.26 Å². The highest BCUT2D eigenvalue weighted by Crippen LogP contribution is 2.23. The lowest BCUT2D eigenvalue weighted by molar-refractivity contribution is -0.0498. The lowest BCUT2D eigenvalue weighted by Gasteiger charge is -2.03. The molecule has 3 rings (SSSR count). The molecule has 108 valence electrons. The molecule has 0 atom stereocenters. The van der Waals surface area contributed by atoms with E-state index in [2.05, 4.69) is 25.1 Å². The van der Waals surface area contributed by atoms with Crippen molar-refractivity contribution >= 4 is 0 Å². The number of hydrogen-bond acceptors (Lipinski definition) is 5. The maximum atomic E-state index is 12.1. The van der Waals surface area contributed by atoms with Gasteiger partial charge in [0.1, 0.15) is 5.75 Å². The Morgan fingerprint density at radius 1 is 1.24 bits per heavy atom. The van der Waals surface area contributed by atoms with Gasteiger partial charge in [-0.05, 0) is 37.3 Å². The molecule has 0 unspecified atom stereocenters. The van der Waals surface area contributed by atoms with Gasteiger partial charge in [-0.2, -0.15) is 18.9 Å². The van der Waals surface area contributed by atoms with E-state index < -0.39 is 6.61 Å². The van der Waals surface area contributed by atoms with Gasteiger partial charge in [0.25, 0.3) is 5.89 Å². The number of nitrogens with zero attached hydrogens (tertiary/aromatic N) is 3. The van der Waals surface area contributed by atoms with Crippen LogP contribution in [-0.2, 0) is 0 Å². The first-order chi connectivity index (χ1) is 10.1. The third-order valence-corrected chi connectivity index (χ3v) is 2.69. The van der Waals surface area contributed by atoms with Crippen molar-refractivity contribution in [3.05, 3.63) is 36.0 Å². The Morgan fingerprint density at radius 2 is 2.00 bits per heavy atom.